The van der Waals surface area contributed by atoms with E-state index < -0.39 is 0 Å². The van der Waals surface area contributed by atoms with Crippen LogP contribution in [0, 0.1) is 0 Å². The average Bonchev–Trinajstić information content (AvgIpc) is 2.11. The zero-order chi connectivity index (χ0) is 10.1. The van der Waals surface area contributed by atoms with Gasteiger partial charge in [-0.3, -0.25) is 0 Å². The molecule has 4 N–H and O–H groups in total. The topological polar surface area (TPSA) is 67.5 Å². The Labute approximate surface area is 79.8 Å². The highest BCUT2D eigenvalue weighted by Gasteiger charge is 2.01. The Kier molecular flexibility index (Phi) is 7.93. The lowest BCUT2D eigenvalue weighted by molar-refractivity contribution is 0.150. The van der Waals surface area contributed by atoms with Gasteiger partial charge in [0.25, 0.3) is 0 Å². The van der Waals surface area contributed by atoms with Crippen molar-refractivity contribution in [2.24, 2.45) is 5.73 Å². The van der Waals surface area contributed by atoms with Gasteiger partial charge in [0.1, 0.15) is 0 Å². The van der Waals surface area contributed by atoms with Gasteiger partial charge >= 0.3 is 0 Å². The van der Waals surface area contributed by atoms with Crippen LogP contribution in [-0.2, 0) is 4.74 Å². The highest BCUT2D eigenvalue weighted by Crippen LogP contribution is 1.87. The minimum atomic E-state index is -0.0200. The summed E-state index contributed by atoms with van der Waals surface area (Å²) in [4.78, 5) is 0. The largest absolute Gasteiger partial charge is 0.395 e. The van der Waals surface area contributed by atoms with Gasteiger partial charge in [-0.2, -0.15) is 0 Å². The molecule has 0 amide bonds. The van der Waals surface area contributed by atoms with Crippen LogP contribution in [0.4, 0.5) is 0 Å². The van der Waals surface area contributed by atoms with E-state index in [4.69, 9.17) is 15.6 Å². The number of nitrogens with one attached hydrogen (secondary N) is 1. The van der Waals surface area contributed by atoms with Gasteiger partial charge in [-0.15, -0.1) is 0 Å². The summed E-state index contributed by atoms with van der Waals surface area (Å²) >= 11 is 0. The molecule has 1 atom stereocenters. The molecule has 0 rings (SSSR count). The van der Waals surface area contributed by atoms with Crippen molar-refractivity contribution in [3.8, 4) is 0 Å². The second-order valence-electron chi connectivity index (χ2n) is 3.08. The molecule has 0 saturated heterocycles. The molecule has 78 valence electrons. The fraction of sp³-hybridized carbons (Fsp3) is 0.778. The number of nitrogens with two attached hydrogens (primary N) is 1. The van der Waals surface area contributed by atoms with E-state index in [1.165, 1.54) is 0 Å². The van der Waals surface area contributed by atoms with Crippen molar-refractivity contribution in [3.63, 3.8) is 0 Å². The molecule has 0 aliphatic carbocycles. The van der Waals surface area contributed by atoms with Gasteiger partial charge in [-0.25, -0.2) is 0 Å². The van der Waals surface area contributed by atoms with E-state index in [-0.39, 0.29) is 12.6 Å². The summed E-state index contributed by atoms with van der Waals surface area (Å²) in [6, 6.07) is -0.0200. The van der Waals surface area contributed by atoms with Crippen LogP contribution in [0.3, 0.4) is 0 Å². The van der Waals surface area contributed by atoms with Crippen LogP contribution in [0.2, 0.25) is 0 Å². The molecule has 4 heteroatoms. The van der Waals surface area contributed by atoms with Crippen LogP contribution in [0.1, 0.15) is 6.92 Å². The zero-order valence-corrected chi connectivity index (χ0v) is 8.25. The van der Waals surface area contributed by atoms with Crippen molar-refractivity contribution in [2.75, 3.05) is 32.9 Å². The molecular formula is C9H20N2O2. The molecule has 0 aromatic carbocycles. The molecule has 0 bridgehead atoms. The first kappa shape index (κ1) is 12.6. The van der Waals surface area contributed by atoms with Crippen LogP contribution in [0.25, 0.3) is 0 Å². The van der Waals surface area contributed by atoms with Crippen LogP contribution < -0.4 is 11.1 Å². The van der Waals surface area contributed by atoms with Gasteiger partial charge in [0.2, 0.25) is 0 Å². The lowest BCUT2D eigenvalue weighted by atomic mass is 10.3. The fourth-order valence-corrected chi connectivity index (χ4v) is 0.804. The Morgan fingerprint density at radius 1 is 1.69 bits per heavy atom. The van der Waals surface area contributed by atoms with E-state index in [9.17, 15) is 0 Å². The number of hydrogen-bond donors (Lipinski definition) is 3. The monoisotopic (exact) mass is 188 g/mol. The number of aliphatic hydroxyl groups excluding tert-OH is 1. The Hall–Kier alpha value is -0.420. The molecule has 0 aromatic rings. The molecule has 0 saturated carbocycles. The second kappa shape index (κ2) is 8.19. The summed E-state index contributed by atoms with van der Waals surface area (Å²) < 4.78 is 5.25. The molecule has 4 nitrogen and oxygen atoms in total. The molecule has 0 fully saturated rings. The predicted molar refractivity (Wildman–Crippen MR) is 53.6 cm³/mol. The third-order valence-corrected chi connectivity index (χ3v) is 1.53. The maximum absolute atomic E-state index is 8.77. The van der Waals surface area contributed by atoms with E-state index in [2.05, 4.69) is 11.9 Å². The SMILES string of the molecule is C=C(C)COCCNC(CN)CO. The normalized spacial score (nSPS) is 12.8. The van der Waals surface area contributed by atoms with Crippen LogP contribution in [-0.4, -0.2) is 44.1 Å². The summed E-state index contributed by atoms with van der Waals surface area (Å²) in [5.41, 5.74) is 6.38. The van der Waals surface area contributed by atoms with Crippen molar-refractivity contribution >= 4 is 0 Å². The van der Waals surface area contributed by atoms with Crippen molar-refractivity contribution in [2.45, 2.75) is 13.0 Å². The van der Waals surface area contributed by atoms with Crippen LogP contribution in [0.15, 0.2) is 12.2 Å². The van der Waals surface area contributed by atoms with Crippen molar-refractivity contribution in [1.82, 2.24) is 5.32 Å². The Morgan fingerprint density at radius 2 is 2.38 bits per heavy atom. The molecule has 0 radical (unpaired) electrons. The van der Waals surface area contributed by atoms with E-state index in [1.807, 2.05) is 6.92 Å². The summed E-state index contributed by atoms with van der Waals surface area (Å²) in [6.45, 7) is 8.05. The number of aliphatic hydroxyl groups is 1. The van der Waals surface area contributed by atoms with E-state index in [0.29, 0.717) is 26.3 Å². The molecule has 1 unspecified atom stereocenters. The maximum atomic E-state index is 8.77. The Bertz CT molecular complexity index is 136. The van der Waals surface area contributed by atoms with Gasteiger partial charge in [0.15, 0.2) is 0 Å². The van der Waals surface area contributed by atoms with Gasteiger partial charge in [-0.05, 0) is 6.92 Å². The number of ether oxygens (including phenoxy) is 1. The Morgan fingerprint density at radius 3 is 2.85 bits per heavy atom. The fourth-order valence-electron chi connectivity index (χ4n) is 0.804. The van der Waals surface area contributed by atoms with Gasteiger partial charge in [-0.1, -0.05) is 12.2 Å². The molecule has 0 heterocycles. The first-order valence-corrected chi connectivity index (χ1v) is 4.47. The molecule has 0 aliphatic rings. The molecule has 0 aliphatic heterocycles. The van der Waals surface area contributed by atoms with Gasteiger partial charge < -0.3 is 20.9 Å². The van der Waals surface area contributed by atoms with Crippen LogP contribution >= 0.6 is 0 Å². The minimum absolute atomic E-state index is 0.0200. The summed E-state index contributed by atoms with van der Waals surface area (Å²) in [5.74, 6) is 0. The smallest absolute Gasteiger partial charge is 0.0672 e. The number of rotatable bonds is 8. The second-order valence-corrected chi connectivity index (χ2v) is 3.08. The summed E-state index contributed by atoms with van der Waals surface area (Å²) in [5, 5.41) is 11.8. The summed E-state index contributed by atoms with van der Waals surface area (Å²) in [6.07, 6.45) is 0. The first-order chi connectivity index (χ1) is 6.20. The average molecular weight is 188 g/mol. The lowest BCUT2D eigenvalue weighted by Gasteiger charge is -2.13. The minimum Gasteiger partial charge on any atom is -0.395 e. The van der Waals surface area contributed by atoms with Gasteiger partial charge in [0.05, 0.1) is 19.8 Å². The van der Waals surface area contributed by atoms with E-state index in [1.54, 1.807) is 0 Å². The van der Waals surface area contributed by atoms with E-state index >= 15 is 0 Å². The third kappa shape index (κ3) is 7.93. The van der Waals surface area contributed by atoms with Crippen molar-refractivity contribution in [3.05, 3.63) is 12.2 Å². The van der Waals surface area contributed by atoms with Crippen LogP contribution in [0.5, 0.6) is 0 Å². The molecular weight excluding hydrogens is 168 g/mol. The zero-order valence-electron chi connectivity index (χ0n) is 8.25. The Balaban J connectivity index is 3.19. The quantitative estimate of drug-likeness (QED) is 0.354. The summed E-state index contributed by atoms with van der Waals surface area (Å²) in [7, 11) is 0. The van der Waals surface area contributed by atoms with Gasteiger partial charge in [0, 0.05) is 19.1 Å². The lowest BCUT2D eigenvalue weighted by Crippen LogP contribution is -2.40. The van der Waals surface area contributed by atoms with Crippen molar-refractivity contribution < 1.29 is 9.84 Å². The molecule has 13 heavy (non-hydrogen) atoms. The molecule has 0 spiro atoms. The molecule has 0 aromatic heterocycles. The highest BCUT2D eigenvalue weighted by molar-refractivity contribution is 4.87. The standard InChI is InChI=1S/C9H20N2O2/c1-8(2)7-13-4-3-11-9(5-10)6-12/h9,11-12H,1,3-7,10H2,2H3. The predicted octanol–water partition coefficient (Wildman–Crippen LogP) is -0.512. The maximum Gasteiger partial charge on any atom is 0.0672 e. The third-order valence-electron chi connectivity index (χ3n) is 1.53. The van der Waals surface area contributed by atoms with E-state index in [0.717, 1.165) is 5.57 Å². The number of hydrogen-bond acceptors (Lipinski definition) is 4. The highest BCUT2D eigenvalue weighted by atomic mass is 16.5. The first-order valence-electron chi connectivity index (χ1n) is 4.47. The van der Waals surface area contributed by atoms with Crippen molar-refractivity contribution in [1.29, 1.82) is 0 Å².